The lowest BCUT2D eigenvalue weighted by molar-refractivity contribution is 0.185. The molecule has 7 heteroatoms. The largest absolute Gasteiger partial charge is 0.371 e. The lowest BCUT2D eigenvalue weighted by atomic mass is 9.58. The van der Waals surface area contributed by atoms with Crippen LogP contribution in [0.2, 0.25) is 0 Å². The normalized spacial score (nSPS) is 23.1. The summed E-state index contributed by atoms with van der Waals surface area (Å²) in [5.74, 6) is 2.12. The van der Waals surface area contributed by atoms with Crippen molar-refractivity contribution in [3.05, 3.63) is 40.2 Å². The number of rotatable bonds is 5. The lowest BCUT2D eigenvalue weighted by Gasteiger charge is -2.45. The summed E-state index contributed by atoms with van der Waals surface area (Å²) in [6.07, 6.45) is 3.97. The zero-order valence-corrected chi connectivity index (χ0v) is 13.3. The van der Waals surface area contributed by atoms with Gasteiger partial charge in [-0.25, -0.2) is 0 Å². The maximum Gasteiger partial charge on any atom is 0.249 e. The molecule has 1 saturated carbocycles. The number of H-pyrrole nitrogens is 1. The molecule has 0 radical (unpaired) electrons. The number of nitriles is 1. The molecule has 0 atom stereocenters. The molecule has 0 aliphatic heterocycles. The van der Waals surface area contributed by atoms with Gasteiger partial charge in [0.2, 0.25) is 5.56 Å². The molecular formula is C16H20N6O. The second kappa shape index (κ2) is 5.88. The van der Waals surface area contributed by atoms with Crippen LogP contribution < -0.4 is 10.9 Å². The Hall–Kier alpha value is -2.62. The van der Waals surface area contributed by atoms with Crippen molar-refractivity contribution in [3.8, 4) is 6.07 Å². The van der Waals surface area contributed by atoms with Crippen molar-refractivity contribution in [2.45, 2.75) is 31.6 Å². The number of nitrogens with one attached hydrogen (secondary N) is 2. The maximum atomic E-state index is 12.1. The van der Waals surface area contributed by atoms with Crippen molar-refractivity contribution in [1.29, 1.82) is 5.26 Å². The van der Waals surface area contributed by atoms with Gasteiger partial charge >= 0.3 is 0 Å². The van der Waals surface area contributed by atoms with Crippen LogP contribution in [0.15, 0.2) is 23.3 Å². The second-order valence-electron chi connectivity index (χ2n) is 6.34. The number of hydrogen-bond donors (Lipinski definition) is 2. The van der Waals surface area contributed by atoms with Gasteiger partial charge in [0.15, 0.2) is 0 Å². The molecule has 1 aliphatic rings. The molecule has 3 rings (SSSR count). The van der Waals surface area contributed by atoms with Gasteiger partial charge in [0.05, 0.1) is 17.9 Å². The summed E-state index contributed by atoms with van der Waals surface area (Å²) in [5, 5.41) is 20.0. The molecule has 0 aromatic carbocycles. The Balaban J connectivity index is 2.00. The highest BCUT2D eigenvalue weighted by Crippen LogP contribution is 2.51. The highest BCUT2D eigenvalue weighted by Gasteiger charge is 2.48. The predicted molar refractivity (Wildman–Crippen MR) is 86.0 cm³/mol. The van der Waals surface area contributed by atoms with Gasteiger partial charge < -0.3 is 14.9 Å². The van der Waals surface area contributed by atoms with Crippen molar-refractivity contribution in [3.63, 3.8) is 0 Å². The van der Waals surface area contributed by atoms with E-state index in [9.17, 15) is 4.79 Å². The van der Waals surface area contributed by atoms with Crippen LogP contribution in [0.3, 0.4) is 0 Å². The van der Waals surface area contributed by atoms with E-state index < -0.39 is 0 Å². The van der Waals surface area contributed by atoms with E-state index in [-0.39, 0.29) is 11.0 Å². The molecule has 1 aliphatic carbocycles. The molecule has 0 spiro atoms. The summed E-state index contributed by atoms with van der Waals surface area (Å²) in [7, 11) is 1.93. The first-order chi connectivity index (χ1) is 11.0. The molecular weight excluding hydrogens is 292 g/mol. The minimum atomic E-state index is -0.259. The highest BCUT2D eigenvalue weighted by molar-refractivity contribution is 5.45. The molecule has 0 unspecified atom stereocenters. The summed E-state index contributed by atoms with van der Waals surface area (Å²) >= 11 is 0. The molecule has 7 nitrogen and oxygen atoms in total. The van der Waals surface area contributed by atoms with Crippen LogP contribution in [0.4, 0.5) is 5.82 Å². The molecule has 0 bridgehead atoms. The summed E-state index contributed by atoms with van der Waals surface area (Å²) in [6.45, 7) is 2.71. The number of anilines is 1. The molecule has 2 aromatic heterocycles. The van der Waals surface area contributed by atoms with Gasteiger partial charge in [0, 0.05) is 19.7 Å². The van der Waals surface area contributed by atoms with Crippen molar-refractivity contribution in [1.82, 2.24) is 19.7 Å². The Labute approximate surface area is 134 Å². The number of aryl methyl sites for hydroxylation is 1. The van der Waals surface area contributed by atoms with E-state index in [0.717, 1.165) is 24.2 Å². The van der Waals surface area contributed by atoms with Gasteiger partial charge in [-0.2, -0.15) is 5.26 Å². The summed E-state index contributed by atoms with van der Waals surface area (Å²) in [4.78, 5) is 14.8. The van der Waals surface area contributed by atoms with E-state index >= 15 is 0 Å². The van der Waals surface area contributed by atoms with Gasteiger partial charge in [-0.1, -0.05) is 6.92 Å². The van der Waals surface area contributed by atoms with Gasteiger partial charge in [-0.05, 0) is 30.4 Å². The summed E-state index contributed by atoms with van der Waals surface area (Å²) in [5.41, 5.74) is 0.544. The fraction of sp³-hybridized carbons (Fsp3) is 0.500. The van der Waals surface area contributed by atoms with Crippen LogP contribution in [-0.4, -0.2) is 26.3 Å². The van der Waals surface area contributed by atoms with E-state index in [1.807, 2.05) is 17.7 Å². The minimum absolute atomic E-state index is 0.150. The standard InChI is InChI=1S/C16H20N6O/c1-11-8-16(9-11,15-21-19-10-22(15)2)12-6-13(18-5-3-4-17)20-14(23)7-12/h6-7,10-11H,3,5,8-9H2,1-2H3,(H2,18,20,23). The van der Waals surface area contributed by atoms with Gasteiger partial charge in [-0.3, -0.25) is 4.79 Å². The molecule has 0 amide bonds. The molecule has 1 fully saturated rings. The number of pyridine rings is 1. The molecule has 23 heavy (non-hydrogen) atoms. The average Bonchev–Trinajstić information content (AvgIpc) is 2.90. The third-order valence-corrected chi connectivity index (χ3v) is 4.48. The Morgan fingerprint density at radius 2 is 2.30 bits per heavy atom. The van der Waals surface area contributed by atoms with Crippen LogP contribution in [0.5, 0.6) is 0 Å². The smallest absolute Gasteiger partial charge is 0.249 e. The monoisotopic (exact) mass is 312 g/mol. The summed E-state index contributed by atoms with van der Waals surface area (Å²) in [6, 6.07) is 5.69. The molecule has 2 heterocycles. The van der Waals surface area contributed by atoms with Crippen LogP contribution in [0.1, 0.15) is 37.6 Å². The van der Waals surface area contributed by atoms with Crippen molar-refractivity contribution in [2.75, 3.05) is 11.9 Å². The summed E-state index contributed by atoms with van der Waals surface area (Å²) < 4.78 is 1.93. The average molecular weight is 312 g/mol. The number of hydrogen-bond acceptors (Lipinski definition) is 5. The second-order valence-corrected chi connectivity index (χ2v) is 6.34. The predicted octanol–water partition coefficient (Wildman–Crippen LogP) is 1.54. The number of aromatic amines is 1. The van der Waals surface area contributed by atoms with Gasteiger partial charge in [0.1, 0.15) is 18.0 Å². The van der Waals surface area contributed by atoms with E-state index in [2.05, 4.69) is 33.5 Å². The Morgan fingerprint density at radius 3 is 2.91 bits per heavy atom. The molecule has 2 aromatic rings. The first-order valence-electron chi connectivity index (χ1n) is 7.75. The van der Waals surface area contributed by atoms with E-state index in [1.54, 1.807) is 12.4 Å². The Kier molecular flexibility index (Phi) is 3.90. The zero-order chi connectivity index (χ0) is 16.4. The quantitative estimate of drug-likeness (QED) is 0.816. The van der Waals surface area contributed by atoms with E-state index in [4.69, 9.17) is 5.26 Å². The fourth-order valence-electron chi connectivity index (χ4n) is 3.56. The Morgan fingerprint density at radius 1 is 1.52 bits per heavy atom. The zero-order valence-electron chi connectivity index (χ0n) is 13.3. The number of aromatic nitrogens is 4. The first kappa shape index (κ1) is 15.3. The molecule has 2 N–H and O–H groups in total. The number of nitrogens with zero attached hydrogens (tertiary/aromatic N) is 4. The van der Waals surface area contributed by atoms with Crippen LogP contribution in [0.25, 0.3) is 0 Å². The van der Waals surface area contributed by atoms with Gasteiger partial charge in [-0.15, -0.1) is 10.2 Å². The lowest BCUT2D eigenvalue weighted by Crippen LogP contribution is -2.43. The van der Waals surface area contributed by atoms with Crippen molar-refractivity contribution < 1.29 is 0 Å². The van der Waals surface area contributed by atoms with E-state index in [1.165, 1.54) is 0 Å². The molecule has 120 valence electrons. The van der Waals surface area contributed by atoms with Crippen LogP contribution in [0, 0.1) is 17.2 Å². The minimum Gasteiger partial charge on any atom is -0.371 e. The van der Waals surface area contributed by atoms with E-state index in [0.29, 0.717) is 24.7 Å². The SMILES string of the molecule is CC1CC(c2cc(NCCC#N)[nH]c(=O)c2)(c2nncn2C)C1. The van der Waals surface area contributed by atoms with Crippen molar-refractivity contribution in [2.24, 2.45) is 13.0 Å². The Bertz CT molecular complexity index is 793. The van der Waals surface area contributed by atoms with Crippen molar-refractivity contribution >= 4 is 5.82 Å². The molecule has 0 saturated heterocycles. The van der Waals surface area contributed by atoms with Crippen LogP contribution >= 0.6 is 0 Å². The van der Waals surface area contributed by atoms with Gasteiger partial charge in [0.25, 0.3) is 0 Å². The third-order valence-electron chi connectivity index (χ3n) is 4.48. The fourth-order valence-corrected chi connectivity index (χ4v) is 3.56. The maximum absolute atomic E-state index is 12.1. The highest BCUT2D eigenvalue weighted by atomic mass is 16.1. The topological polar surface area (TPSA) is 99.4 Å². The third kappa shape index (κ3) is 2.72. The van der Waals surface area contributed by atoms with Crippen LogP contribution in [-0.2, 0) is 12.5 Å². The first-order valence-corrected chi connectivity index (χ1v) is 7.75.